The van der Waals surface area contributed by atoms with Gasteiger partial charge in [-0.05, 0) is 0 Å². The molecule has 46 heavy (non-hydrogen) atoms. The summed E-state index contributed by atoms with van der Waals surface area (Å²) in [6, 6.07) is 0. The number of hydrogen-bond donors (Lipinski definition) is 1. The normalized spacial score (nSPS) is 32.7. The SMILES string of the molecule is CC[C@H](C)C1OC(C)C(OC(C)=O)[C@@H](C)[C@@H]1P[B]B=O.CC[C@H](C)C1OC(OC(=N)C(Cl)(Cl)Cl)C(OC(C)=O)[C@@H](C)[C@@H]1P[B]B=O. The van der Waals surface area contributed by atoms with Gasteiger partial charge < -0.3 is 0 Å². The van der Waals surface area contributed by atoms with E-state index in [4.69, 9.17) is 63.9 Å². The first-order valence-corrected chi connectivity index (χ1v) is 18.9. The number of rotatable bonds is 13. The molecule has 2 radical (unpaired) electrons. The van der Waals surface area contributed by atoms with Gasteiger partial charge in [0.1, 0.15) is 0 Å². The van der Waals surface area contributed by atoms with E-state index >= 15 is 0 Å². The molecule has 2 fully saturated rings. The zero-order valence-corrected chi connectivity index (χ0v) is 32.2. The molecule has 1 N–H and O–H groups in total. The van der Waals surface area contributed by atoms with Gasteiger partial charge in [0.05, 0.1) is 0 Å². The summed E-state index contributed by atoms with van der Waals surface area (Å²) < 4.78 is 47.8. The molecule has 0 bridgehead atoms. The standard InChI is InChI=1S/C14H22B2Cl3NO5P.C13H24B2O4P/c1-5-6(2)9-11(26-16-15-22)7(3)10(23-8(4)21)12(24-9)25-13(20)14(17,18)19;1-6-7(2)11-13(20-15-14-17)8(3)12(9(4)18-11)19-10(5)16/h6-7,9-12,20,26H,5H2,1-4H3;7-9,11-13,20H,6H2,1-5H3/t6-,7+,9?,10?,11-,12?;7-,8+,9?,11?,12?,13-/m00/s1. The molecule has 2 rings (SSSR count). The molecule has 2 aliphatic heterocycles. The van der Waals surface area contributed by atoms with Crippen molar-refractivity contribution < 1.29 is 42.7 Å². The monoisotopic (exact) mass is 739 g/mol. The van der Waals surface area contributed by atoms with Crippen LogP contribution < -0.4 is 0 Å². The molecule has 2 aliphatic rings. The van der Waals surface area contributed by atoms with Crippen LogP contribution in [0, 0.1) is 29.1 Å². The van der Waals surface area contributed by atoms with E-state index in [-0.39, 0.29) is 67.9 Å². The van der Waals surface area contributed by atoms with Gasteiger partial charge in [-0.3, -0.25) is 0 Å². The van der Waals surface area contributed by atoms with Gasteiger partial charge in [-0.25, -0.2) is 0 Å². The predicted molar refractivity (Wildman–Crippen MR) is 189 cm³/mol. The van der Waals surface area contributed by atoms with Crippen LogP contribution in [0.3, 0.4) is 0 Å². The van der Waals surface area contributed by atoms with E-state index in [9.17, 15) is 19.0 Å². The van der Waals surface area contributed by atoms with E-state index in [1.54, 1.807) is 13.8 Å². The van der Waals surface area contributed by atoms with E-state index in [0.717, 1.165) is 26.9 Å². The molecule has 0 saturated carbocycles. The van der Waals surface area contributed by atoms with Crippen LogP contribution in [0.5, 0.6) is 0 Å². The Bertz CT molecular complexity index is 1020. The predicted octanol–water partition coefficient (Wildman–Crippen LogP) is 5.34. The molecule has 0 amide bonds. The summed E-state index contributed by atoms with van der Waals surface area (Å²) in [6.07, 6.45) is -0.478. The molecule has 14 atom stereocenters. The summed E-state index contributed by atoms with van der Waals surface area (Å²) in [6.45, 7) is 20.3. The van der Waals surface area contributed by atoms with Crippen molar-refractivity contribution in [1.29, 1.82) is 5.41 Å². The molecular formula is C27H46B4Cl3NO9P2. The number of carbonyl (C=O) groups is 2. The minimum absolute atomic E-state index is 0.0405. The number of nitrogens with one attached hydrogen (secondary N) is 1. The van der Waals surface area contributed by atoms with Crippen LogP contribution in [0.25, 0.3) is 0 Å². The van der Waals surface area contributed by atoms with E-state index in [2.05, 4.69) is 20.8 Å². The van der Waals surface area contributed by atoms with Gasteiger partial charge in [-0.1, -0.05) is 0 Å². The summed E-state index contributed by atoms with van der Waals surface area (Å²) >= 11 is 17.1. The molecule has 256 valence electrons. The second-order valence-electron chi connectivity index (χ2n) is 11.8. The van der Waals surface area contributed by atoms with E-state index in [0.29, 0.717) is 14.4 Å². The fourth-order valence-electron chi connectivity index (χ4n) is 5.67. The van der Waals surface area contributed by atoms with Crippen molar-refractivity contribution in [3.05, 3.63) is 0 Å². The number of hydrogen-bond acceptors (Lipinski definition) is 10. The fraction of sp³-hybridized carbons (Fsp3) is 0.889. The van der Waals surface area contributed by atoms with Gasteiger partial charge in [0.15, 0.2) is 0 Å². The Balaban J connectivity index is 0.000000476. The first-order chi connectivity index (χ1) is 21.4. The number of ether oxygens (including phenoxy) is 5. The number of halogens is 3. The van der Waals surface area contributed by atoms with Crippen LogP contribution in [0.4, 0.5) is 0 Å². The zero-order valence-electron chi connectivity index (χ0n) is 28.0. The molecule has 0 spiro atoms. The molecule has 0 aromatic heterocycles. The molecule has 0 aromatic rings. The van der Waals surface area contributed by atoms with Crippen molar-refractivity contribution in [3.8, 4) is 0 Å². The third kappa shape index (κ3) is 13.3. The average molecular weight is 740 g/mol. The van der Waals surface area contributed by atoms with Crippen LogP contribution in [0.15, 0.2) is 0 Å². The Morgan fingerprint density at radius 3 is 1.61 bits per heavy atom. The van der Waals surface area contributed by atoms with Crippen molar-refractivity contribution >= 4 is 97.4 Å². The van der Waals surface area contributed by atoms with Crippen LogP contribution in [0.1, 0.15) is 75.2 Å². The maximum absolute atomic E-state index is 11.6. The van der Waals surface area contributed by atoms with E-state index in [1.807, 2.05) is 27.7 Å². The number of carbonyl (C=O) groups excluding carboxylic acids is 2. The summed E-state index contributed by atoms with van der Waals surface area (Å²) in [5.74, 6) is -0.814. The third-order valence-electron chi connectivity index (χ3n) is 8.49. The summed E-state index contributed by atoms with van der Waals surface area (Å²) in [5, 5.41) is 7.80. The molecule has 10 nitrogen and oxygen atoms in total. The minimum atomic E-state index is -2.05. The molecule has 2 saturated heterocycles. The van der Waals surface area contributed by atoms with Crippen molar-refractivity contribution in [2.24, 2.45) is 23.7 Å². The Hall–Kier alpha value is -0.0803. The quantitative estimate of drug-likeness (QED) is 0.0663. The van der Waals surface area contributed by atoms with Crippen molar-refractivity contribution in [3.63, 3.8) is 0 Å². The van der Waals surface area contributed by atoms with Crippen LogP contribution in [-0.2, 0) is 42.7 Å². The van der Waals surface area contributed by atoms with Crippen molar-refractivity contribution in [2.75, 3.05) is 0 Å². The third-order valence-corrected chi connectivity index (χ3v) is 12.1. The Morgan fingerprint density at radius 2 is 1.22 bits per heavy atom. The van der Waals surface area contributed by atoms with Gasteiger partial charge in [0.2, 0.25) is 0 Å². The van der Waals surface area contributed by atoms with E-state index < -0.39 is 28.1 Å². The Labute approximate surface area is 295 Å². The molecular weight excluding hydrogens is 694 g/mol. The molecule has 8 unspecified atom stereocenters. The zero-order chi connectivity index (χ0) is 35.4. The van der Waals surface area contributed by atoms with Crippen LogP contribution >= 0.6 is 51.7 Å². The topological polar surface area (TPSA) is 138 Å². The first kappa shape index (κ1) is 43.9. The molecule has 2 heterocycles. The van der Waals surface area contributed by atoms with Gasteiger partial charge in [0.25, 0.3) is 0 Å². The molecule has 0 aliphatic carbocycles. The van der Waals surface area contributed by atoms with Crippen LogP contribution in [0.2, 0.25) is 0 Å². The Morgan fingerprint density at radius 1 is 0.804 bits per heavy atom. The van der Waals surface area contributed by atoms with Gasteiger partial charge in [-0.15, -0.1) is 0 Å². The molecule has 0 aromatic carbocycles. The summed E-state index contributed by atoms with van der Waals surface area (Å²) in [5.41, 5.74) is 0.192. The van der Waals surface area contributed by atoms with Crippen LogP contribution in [-0.4, -0.2) is 97.6 Å². The first-order valence-electron chi connectivity index (χ1n) is 15.5. The van der Waals surface area contributed by atoms with Crippen molar-refractivity contribution in [1.82, 2.24) is 0 Å². The number of alkyl halides is 3. The van der Waals surface area contributed by atoms with Gasteiger partial charge in [-0.2, -0.15) is 0 Å². The van der Waals surface area contributed by atoms with Gasteiger partial charge in [0, 0.05) is 0 Å². The molecule has 19 heteroatoms. The Kier molecular flexibility index (Phi) is 20.3. The average Bonchev–Trinajstić information content (AvgIpc) is 2.98. The van der Waals surface area contributed by atoms with E-state index in [1.165, 1.54) is 13.8 Å². The summed E-state index contributed by atoms with van der Waals surface area (Å²) in [4.78, 5) is 22.8. The van der Waals surface area contributed by atoms with Gasteiger partial charge >= 0.3 is 296 Å². The second kappa shape index (κ2) is 21.2. The second-order valence-corrected chi connectivity index (χ2v) is 16.8. The summed E-state index contributed by atoms with van der Waals surface area (Å²) in [7, 11) is 2.19. The maximum atomic E-state index is 11.6. The number of esters is 2. The van der Waals surface area contributed by atoms with Crippen molar-refractivity contribution in [2.45, 2.75) is 127 Å². The fourth-order valence-corrected chi connectivity index (χ4v) is 8.59.